The van der Waals surface area contributed by atoms with Gasteiger partial charge in [0.2, 0.25) is 5.91 Å². The lowest BCUT2D eigenvalue weighted by molar-refractivity contribution is -0.122. The molecule has 0 spiro atoms. The van der Waals surface area contributed by atoms with E-state index < -0.39 is 0 Å². The van der Waals surface area contributed by atoms with E-state index in [4.69, 9.17) is 9.47 Å². The number of carbonyl (C=O) groups is 1. The number of nitrogens with one attached hydrogen (secondary N) is 1. The van der Waals surface area contributed by atoms with Crippen molar-refractivity contribution in [2.75, 3.05) is 19.5 Å². The lowest BCUT2D eigenvalue weighted by Crippen LogP contribution is -2.28. The van der Waals surface area contributed by atoms with Crippen molar-refractivity contribution in [3.63, 3.8) is 0 Å². The monoisotopic (exact) mass is 287 g/mol. The van der Waals surface area contributed by atoms with Gasteiger partial charge in [-0.15, -0.1) is 0 Å². The van der Waals surface area contributed by atoms with Crippen molar-refractivity contribution in [1.29, 1.82) is 0 Å². The van der Waals surface area contributed by atoms with E-state index in [0.29, 0.717) is 28.2 Å². The number of rotatable bonds is 4. The molecule has 1 amide bonds. The SMILES string of the molecule is COc1cc(NC(=O)C2CCC2)c(OC)c2nccnc12. The number of nitrogens with zero attached hydrogens (tertiary/aromatic N) is 2. The number of fused-ring (bicyclic) bond motifs is 1. The molecule has 2 aromatic rings. The van der Waals surface area contributed by atoms with Gasteiger partial charge in [0.15, 0.2) is 5.75 Å². The van der Waals surface area contributed by atoms with Crippen molar-refractivity contribution < 1.29 is 14.3 Å². The lowest BCUT2D eigenvalue weighted by atomic mass is 9.85. The minimum absolute atomic E-state index is 0.0184. The molecule has 0 unspecified atom stereocenters. The Morgan fingerprint density at radius 1 is 1.19 bits per heavy atom. The number of hydrogen-bond donors (Lipinski definition) is 1. The largest absolute Gasteiger partial charge is 0.494 e. The summed E-state index contributed by atoms with van der Waals surface area (Å²) in [4.78, 5) is 20.7. The molecule has 1 aliphatic rings. The topological polar surface area (TPSA) is 73.3 Å². The zero-order valence-electron chi connectivity index (χ0n) is 12.0. The third kappa shape index (κ3) is 2.37. The number of benzene rings is 1. The van der Waals surface area contributed by atoms with Gasteiger partial charge in [-0.2, -0.15) is 0 Å². The molecule has 0 saturated heterocycles. The van der Waals surface area contributed by atoms with E-state index >= 15 is 0 Å². The van der Waals surface area contributed by atoms with Crippen LogP contribution in [0.25, 0.3) is 11.0 Å². The Balaban J connectivity index is 2.05. The Morgan fingerprint density at radius 2 is 1.90 bits per heavy atom. The van der Waals surface area contributed by atoms with Gasteiger partial charge in [-0.1, -0.05) is 6.42 Å². The van der Waals surface area contributed by atoms with Gasteiger partial charge in [-0.05, 0) is 12.8 Å². The summed E-state index contributed by atoms with van der Waals surface area (Å²) in [5.41, 5.74) is 1.75. The fraction of sp³-hybridized carbons (Fsp3) is 0.400. The molecule has 1 aromatic carbocycles. The van der Waals surface area contributed by atoms with E-state index in [0.717, 1.165) is 19.3 Å². The Hall–Kier alpha value is -2.37. The van der Waals surface area contributed by atoms with Gasteiger partial charge in [0.1, 0.15) is 16.8 Å². The maximum atomic E-state index is 12.2. The summed E-state index contributed by atoms with van der Waals surface area (Å²) in [6.45, 7) is 0. The maximum Gasteiger partial charge on any atom is 0.227 e. The third-order valence-corrected chi connectivity index (χ3v) is 3.82. The normalized spacial score (nSPS) is 14.6. The second-order valence-corrected chi connectivity index (χ2v) is 5.03. The number of anilines is 1. The molecular formula is C15H17N3O3. The highest BCUT2D eigenvalue weighted by molar-refractivity contribution is 6.00. The second kappa shape index (κ2) is 5.55. The summed E-state index contributed by atoms with van der Waals surface area (Å²) in [5, 5.41) is 2.92. The molecule has 0 bridgehead atoms. The van der Waals surface area contributed by atoms with Gasteiger partial charge in [0.05, 0.1) is 19.9 Å². The first-order chi connectivity index (χ1) is 10.2. The Labute approximate surface area is 122 Å². The summed E-state index contributed by atoms with van der Waals surface area (Å²) >= 11 is 0. The number of ether oxygens (including phenoxy) is 2. The molecule has 21 heavy (non-hydrogen) atoms. The summed E-state index contributed by atoms with van der Waals surface area (Å²) < 4.78 is 10.8. The Kier molecular flexibility index (Phi) is 3.60. The van der Waals surface area contributed by atoms with E-state index in [-0.39, 0.29) is 11.8 Å². The Bertz CT molecular complexity index is 683. The number of carbonyl (C=O) groups excluding carboxylic acids is 1. The second-order valence-electron chi connectivity index (χ2n) is 5.03. The van der Waals surface area contributed by atoms with Gasteiger partial charge < -0.3 is 14.8 Å². The van der Waals surface area contributed by atoms with Crippen molar-refractivity contribution in [2.24, 2.45) is 5.92 Å². The molecule has 6 nitrogen and oxygen atoms in total. The molecule has 1 saturated carbocycles. The van der Waals surface area contributed by atoms with Gasteiger partial charge in [-0.25, -0.2) is 9.97 Å². The van der Waals surface area contributed by atoms with Crippen molar-refractivity contribution in [1.82, 2.24) is 9.97 Å². The highest BCUT2D eigenvalue weighted by Gasteiger charge is 2.26. The quantitative estimate of drug-likeness (QED) is 0.934. The van der Waals surface area contributed by atoms with Crippen LogP contribution in [0.4, 0.5) is 5.69 Å². The van der Waals surface area contributed by atoms with Crippen molar-refractivity contribution in [3.05, 3.63) is 18.5 Å². The highest BCUT2D eigenvalue weighted by atomic mass is 16.5. The Morgan fingerprint density at radius 3 is 2.48 bits per heavy atom. The highest BCUT2D eigenvalue weighted by Crippen LogP contribution is 2.38. The first kappa shape index (κ1) is 13.6. The molecule has 1 heterocycles. The zero-order valence-corrected chi connectivity index (χ0v) is 12.0. The van der Waals surface area contributed by atoms with Crippen molar-refractivity contribution >= 4 is 22.6 Å². The average Bonchev–Trinajstić information content (AvgIpc) is 2.44. The number of aromatic nitrogens is 2. The van der Waals surface area contributed by atoms with Crippen LogP contribution in [0.3, 0.4) is 0 Å². The molecule has 0 radical (unpaired) electrons. The van der Waals surface area contributed by atoms with E-state index in [9.17, 15) is 4.79 Å². The van der Waals surface area contributed by atoms with Crippen LogP contribution in [-0.2, 0) is 4.79 Å². The lowest BCUT2D eigenvalue weighted by Gasteiger charge is -2.24. The average molecular weight is 287 g/mol. The first-order valence-electron chi connectivity index (χ1n) is 6.91. The fourth-order valence-electron chi connectivity index (χ4n) is 2.44. The fourth-order valence-corrected chi connectivity index (χ4v) is 2.44. The molecule has 1 fully saturated rings. The zero-order chi connectivity index (χ0) is 14.8. The van der Waals surface area contributed by atoms with Crippen LogP contribution < -0.4 is 14.8 Å². The summed E-state index contributed by atoms with van der Waals surface area (Å²) in [7, 11) is 3.11. The number of amides is 1. The predicted octanol–water partition coefficient (Wildman–Crippen LogP) is 2.39. The van der Waals surface area contributed by atoms with Gasteiger partial charge >= 0.3 is 0 Å². The molecule has 1 N–H and O–H groups in total. The van der Waals surface area contributed by atoms with Crippen LogP contribution in [0, 0.1) is 5.92 Å². The minimum Gasteiger partial charge on any atom is -0.494 e. The molecule has 3 rings (SSSR count). The first-order valence-corrected chi connectivity index (χ1v) is 6.91. The van der Waals surface area contributed by atoms with E-state index in [1.807, 2.05) is 0 Å². The third-order valence-electron chi connectivity index (χ3n) is 3.82. The molecule has 1 aromatic heterocycles. The van der Waals surface area contributed by atoms with E-state index in [1.165, 1.54) is 0 Å². The van der Waals surface area contributed by atoms with Crippen LogP contribution in [0.15, 0.2) is 18.5 Å². The summed E-state index contributed by atoms with van der Waals surface area (Å²) in [6.07, 6.45) is 6.18. The molecule has 0 aliphatic heterocycles. The standard InChI is InChI=1S/C15H17N3O3/c1-20-11-8-10(18-15(19)9-4-3-5-9)14(21-2)13-12(11)16-6-7-17-13/h6-9H,3-5H2,1-2H3,(H,18,19). The van der Waals surface area contributed by atoms with Crippen LogP contribution in [-0.4, -0.2) is 30.1 Å². The number of hydrogen-bond acceptors (Lipinski definition) is 5. The van der Waals surface area contributed by atoms with Crippen molar-refractivity contribution in [2.45, 2.75) is 19.3 Å². The molecule has 1 aliphatic carbocycles. The van der Waals surface area contributed by atoms with Gasteiger partial charge in [-0.3, -0.25) is 4.79 Å². The number of methoxy groups -OCH3 is 2. The summed E-state index contributed by atoms with van der Waals surface area (Å²) in [5.74, 6) is 1.18. The predicted molar refractivity (Wildman–Crippen MR) is 78.6 cm³/mol. The molecule has 110 valence electrons. The van der Waals surface area contributed by atoms with Crippen LogP contribution in [0.1, 0.15) is 19.3 Å². The maximum absolute atomic E-state index is 12.2. The van der Waals surface area contributed by atoms with E-state index in [2.05, 4.69) is 15.3 Å². The van der Waals surface area contributed by atoms with Gasteiger partial charge in [0.25, 0.3) is 0 Å². The van der Waals surface area contributed by atoms with Crippen molar-refractivity contribution in [3.8, 4) is 11.5 Å². The van der Waals surface area contributed by atoms with Gasteiger partial charge in [0, 0.05) is 24.4 Å². The molecular weight excluding hydrogens is 270 g/mol. The molecule has 6 heteroatoms. The minimum atomic E-state index is 0.0184. The van der Waals surface area contributed by atoms with Crippen LogP contribution in [0.2, 0.25) is 0 Å². The van der Waals surface area contributed by atoms with E-state index in [1.54, 1.807) is 32.7 Å². The van der Waals surface area contributed by atoms with Crippen LogP contribution >= 0.6 is 0 Å². The summed E-state index contributed by atoms with van der Waals surface area (Å²) in [6, 6.07) is 1.73. The molecule has 0 atom stereocenters. The van der Waals surface area contributed by atoms with Crippen LogP contribution in [0.5, 0.6) is 11.5 Å². The smallest absolute Gasteiger partial charge is 0.227 e.